The van der Waals surface area contributed by atoms with Crippen LogP contribution in [0, 0.1) is 0 Å². The van der Waals surface area contributed by atoms with Gasteiger partial charge in [-0.2, -0.15) is 0 Å². The van der Waals surface area contributed by atoms with Crippen LogP contribution in [-0.4, -0.2) is 17.4 Å². The van der Waals surface area contributed by atoms with Crippen LogP contribution < -0.4 is 0 Å². The molecular weight excluding hydrogens is 144 g/mol. The van der Waals surface area contributed by atoms with Gasteiger partial charge < -0.3 is 5.11 Å². The van der Waals surface area contributed by atoms with Crippen molar-refractivity contribution in [2.45, 2.75) is 0 Å². The van der Waals surface area contributed by atoms with Crippen molar-refractivity contribution in [3.63, 3.8) is 0 Å². The first-order valence-electron chi connectivity index (χ1n) is 3.02. The summed E-state index contributed by atoms with van der Waals surface area (Å²) in [6.45, 7) is 0. The number of carboxylic acid groups (broad SMARTS) is 1. The van der Waals surface area contributed by atoms with Gasteiger partial charge in [-0.3, -0.25) is 4.79 Å². The SMILES string of the molecule is O=CC(=O)O.c1cc2ccc1-2. The average Bonchev–Trinajstić information content (AvgIpc) is 1.98. The Balaban J connectivity index is 0.000000114. The molecule has 0 unspecified atom stereocenters. The zero-order valence-electron chi connectivity index (χ0n) is 5.65. The zero-order chi connectivity index (χ0) is 8.27. The summed E-state index contributed by atoms with van der Waals surface area (Å²) in [7, 11) is 0. The van der Waals surface area contributed by atoms with E-state index in [0.717, 1.165) is 0 Å². The summed E-state index contributed by atoms with van der Waals surface area (Å²) in [6, 6.07) is 8.48. The fourth-order valence-corrected chi connectivity index (χ4v) is 0.663. The van der Waals surface area contributed by atoms with E-state index in [2.05, 4.69) is 24.3 Å². The Hall–Kier alpha value is -1.64. The lowest BCUT2D eigenvalue weighted by molar-refractivity contribution is -0.143. The molecule has 2 aliphatic rings. The van der Waals surface area contributed by atoms with E-state index in [0.29, 0.717) is 0 Å². The molecule has 0 heterocycles. The lowest BCUT2D eigenvalue weighted by Crippen LogP contribution is -1.91. The molecule has 2 aliphatic carbocycles. The molecule has 0 amide bonds. The summed E-state index contributed by atoms with van der Waals surface area (Å²) in [5.41, 5.74) is 2.85. The molecule has 0 saturated carbocycles. The summed E-state index contributed by atoms with van der Waals surface area (Å²) in [4.78, 5) is 17.9. The van der Waals surface area contributed by atoms with Crippen LogP contribution in [-0.2, 0) is 9.59 Å². The molecule has 0 aromatic carbocycles. The van der Waals surface area contributed by atoms with Crippen LogP contribution in [0.3, 0.4) is 0 Å². The second-order valence-corrected chi connectivity index (χ2v) is 2.03. The lowest BCUT2D eigenvalue weighted by Gasteiger charge is -2.10. The van der Waals surface area contributed by atoms with Gasteiger partial charge in [0.25, 0.3) is 0 Å². The summed E-state index contributed by atoms with van der Waals surface area (Å²) in [5.74, 6) is -1.43. The van der Waals surface area contributed by atoms with Crippen molar-refractivity contribution in [2.24, 2.45) is 0 Å². The summed E-state index contributed by atoms with van der Waals surface area (Å²) in [6.07, 6.45) is -0.167. The monoisotopic (exact) mass is 150 g/mol. The van der Waals surface area contributed by atoms with Crippen LogP contribution in [0.25, 0.3) is 11.1 Å². The van der Waals surface area contributed by atoms with E-state index in [4.69, 9.17) is 14.7 Å². The molecule has 3 heteroatoms. The van der Waals surface area contributed by atoms with Crippen molar-refractivity contribution >= 4 is 12.3 Å². The predicted octanol–water partition coefficient (Wildman–Crippen LogP) is 0.937. The highest BCUT2D eigenvalue weighted by Gasteiger charge is 2.03. The van der Waals surface area contributed by atoms with Crippen LogP contribution in [0.2, 0.25) is 0 Å². The topological polar surface area (TPSA) is 54.4 Å². The number of rotatable bonds is 1. The van der Waals surface area contributed by atoms with Gasteiger partial charge in [0.1, 0.15) is 0 Å². The number of carboxylic acids is 1. The third kappa shape index (κ3) is 1.64. The Morgan fingerprint density at radius 1 is 1.18 bits per heavy atom. The van der Waals surface area contributed by atoms with Gasteiger partial charge in [0.05, 0.1) is 0 Å². The van der Waals surface area contributed by atoms with Crippen molar-refractivity contribution in [1.82, 2.24) is 0 Å². The van der Waals surface area contributed by atoms with Gasteiger partial charge >= 0.3 is 5.97 Å². The second-order valence-electron chi connectivity index (χ2n) is 2.03. The minimum atomic E-state index is -1.43. The molecule has 56 valence electrons. The van der Waals surface area contributed by atoms with E-state index in [9.17, 15) is 0 Å². The van der Waals surface area contributed by atoms with Gasteiger partial charge in [0, 0.05) is 0 Å². The van der Waals surface area contributed by atoms with Crippen LogP contribution >= 0.6 is 0 Å². The smallest absolute Gasteiger partial charge is 0.368 e. The maximum absolute atomic E-state index is 9.00. The van der Waals surface area contributed by atoms with Crippen LogP contribution in [0.15, 0.2) is 24.3 Å². The molecule has 0 spiro atoms. The molecule has 1 N–H and O–H groups in total. The molecule has 0 saturated heterocycles. The lowest BCUT2D eigenvalue weighted by atomic mass is 9.95. The zero-order valence-corrected chi connectivity index (χ0v) is 5.65. The quantitative estimate of drug-likeness (QED) is 0.486. The first kappa shape index (κ1) is 7.47. The third-order valence-electron chi connectivity index (χ3n) is 1.32. The van der Waals surface area contributed by atoms with E-state index >= 15 is 0 Å². The summed E-state index contributed by atoms with van der Waals surface area (Å²) < 4.78 is 0. The number of aliphatic carboxylic acids is 1. The Labute approximate surface area is 63.3 Å². The molecule has 0 aromatic rings. The fourth-order valence-electron chi connectivity index (χ4n) is 0.663. The van der Waals surface area contributed by atoms with Crippen molar-refractivity contribution < 1.29 is 14.7 Å². The van der Waals surface area contributed by atoms with Crippen LogP contribution in [0.4, 0.5) is 0 Å². The first-order valence-corrected chi connectivity index (χ1v) is 3.02. The number of benzene rings is 1. The number of hydrogen-bond acceptors (Lipinski definition) is 2. The molecular formula is C8H6O3. The highest BCUT2D eigenvalue weighted by atomic mass is 16.4. The van der Waals surface area contributed by atoms with Crippen molar-refractivity contribution in [2.75, 3.05) is 0 Å². The van der Waals surface area contributed by atoms with Gasteiger partial charge in [-0.25, -0.2) is 4.79 Å². The van der Waals surface area contributed by atoms with Crippen LogP contribution in [0.5, 0.6) is 0 Å². The average molecular weight is 150 g/mol. The number of fused-ring (bicyclic) bond motifs is 1. The third-order valence-corrected chi connectivity index (χ3v) is 1.32. The van der Waals surface area contributed by atoms with E-state index in [1.54, 1.807) is 0 Å². The molecule has 0 atom stereocenters. The first-order chi connectivity index (χ1) is 5.24. The molecule has 11 heavy (non-hydrogen) atoms. The summed E-state index contributed by atoms with van der Waals surface area (Å²) in [5, 5.41) is 7.35. The van der Waals surface area contributed by atoms with E-state index in [1.807, 2.05) is 0 Å². The van der Waals surface area contributed by atoms with Crippen molar-refractivity contribution in [3.05, 3.63) is 24.3 Å². The number of carbonyl (C=O) groups is 2. The Morgan fingerprint density at radius 3 is 1.45 bits per heavy atom. The Bertz CT molecular complexity index is 253. The largest absolute Gasteiger partial charge is 0.476 e. The normalized spacial score (nSPS) is 9.09. The maximum Gasteiger partial charge on any atom is 0.368 e. The highest BCUT2D eigenvalue weighted by molar-refractivity contribution is 6.19. The van der Waals surface area contributed by atoms with Gasteiger partial charge in [0.15, 0.2) is 0 Å². The van der Waals surface area contributed by atoms with Gasteiger partial charge in [-0.05, 0) is 11.1 Å². The van der Waals surface area contributed by atoms with Crippen molar-refractivity contribution in [3.8, 4) is 11.1 Å². The molecule has 0 bridgehead atoms. The fraction of sp³-hybridized carbons (Fsp3) is 0. The molecule has 0 fully saturated rings. The number of carbonyl (C=O) groups excluding carboxylic acids is 1. The maximum atomic E-state index is 9.00. The molecule has 0 radical (unpaired) electrons. The van der Waals surface area contributed by atoms with E-state index in [-0.39, 0.29) is 6.29 Å². The molecule has 0 aromatic heterocycles. The number of aldehydes is 1. The predicted molar refractivity (Wildman–Crippen MR) is 39.1 cm³/mol. The Kier molecular flexibility index (Phi) is 2.01. The molecule has 3 nitrogen and oxygen atoms in total. The standard InChI is InChI=1S/C6H4.C2H2O3/c1-2-6-4-3-5(1)6;3-1-2(4)5/h1-4H;1H,(H,4,5). The van der Waals surface area contributed by atoms with Gasteiger partial charge in [-0.15, -0.1) is 0 Å². The molecule has 2 rings (SSSR count). The minimum absolute atomic E-state index is 0.167. The molecule has 0 aliphatic heterocycles. The summed E-state index contributed by atoms with van der Waals surface area (Å²) >= 11 is 0. The number of hydrogen-bond donors (Lipinski definition) is 1. The second kappa shape index (κ2) is 2.96. The minimum Gasteiger partial charge on any atom is -0.476 e. The van der Waals surface area contributed by atoms with E-state index < -0.39 is 5.97 Å². The van der Waals surface area contributed by atoms with E-state index in [1.165, 1.54) is 11.1 Å². The van der Waals surface area contributed by atoms with Crippen molar-refractivity contribution in [1.29, 1.82) is 0 Å². The van der Waals surface area contributed by atoms with Gasteiger partial charge in [-0.1, -0.05) is 24.3 Å². The highest BCUT2D eigenvalue weighted by Crippen LogP contribution is 2.29. The van der Waals surface area contributed by atoms with Crippen LogP contribution in [0.1, 0.15) is 0 Å². The van der Waals surface area contributed by atoms with Gasteiger partial charge in [0.2, 0.25) is 6.29 Å². The Morgan fingerprint density at radius 2 is 1.45 bits per heavy atom.